The molecule has 0 spiro atoms. The number of amides is 1. The van der Waals surface area contributed by atoms with Crippen LogP contribution in [0.4, 0.5) is 5.95 Å². The van der Waals surface area contributed by atoms with Crippen LogP contribution in [0.1, 0.15) is 24.8 Å². The number of methoxy groups -OCH3 is 2. The summed E-state index contributed by atoms with van der Waals surface area (Å²) in [5.74, 6) is 1.55. The summed E-state index contributed by atoms with van der Waals surface area (Å²) in [4.78, 5) is 16.9. The zero-order valence-electron chi connectivity index (χ0n) is 18.3. The number of hydrogen-bond donors (Lipinski definition) is 3. The van der Waals surface area contributed by atoms with Crippen LogP contribution in [0.2, 0.25) is 0 Å². The fourth-order valence-corrected chi connectivity index (χ4v) is 4.51. The molecule has 4 rings (SSSR count). The minimum Gasteiger partial charge on any atom is -0.497 e. The van der Waals surface area contributed by atoms with Crippen molar-refractivity contribution >= 4 is 21.9 Å². The Hall–Kier alpha value is -3.44. The first kappa shape index (κ1) is 22.7. The molecule has 2 aromatic carbocycles. The minimum absolute atomic E-state index is 0.0559. The Balaban J connectivity index is 1.33. The monoisotopic (exact) mass is 471 g/mol. The maximum Gasteiger partial charge on any atom is 0.249 e. The van der Waals surface area contributed by atoms with Gasteiger partial charge in [-0.15, -0.1) is 5.10 Å². The van der Waals surface area contributed by atoms with Crippen LogP contribution in [-0.2, 0) is 21.2 Å². The van der Waals surface area contributed by atoms with Crippen molar-refractivity contribution in [3.63, 3.8) is 0 Å². The molecule has 0 saturated heterocycles. The molecule has 3 N–H and O–H groups in total. The Morgan fingerprint density at radius 3 is 2.55 bits per heavy atom. The number of nitrogens with zero attached hydrogens (tertiary/aromatic N) is 2. The van der Waals surface area contributed by atoms with Crippen molar-refractivity contribution in [3.05, 3.63) is 48.0 Å². The summed E-state index contributed by atoms with van der Waals surface area (Å²) in [7, 11) is -0.368. The number of ether oxygens (including phenoxy) is 2. The zero-order chi connectivity index (χ0) is 23.4. The number of aromatic nitrogens is 3. The summed E-state index contributed by atoms with van der Waals surface area (Å²) in [6.07, 6.45) is 2.41. The minimum atomic E-state index is -3.48. The second-order valence-electron chi connectivity index (χ2n) is 7.66. The third-order valence-corrected chi connectivity index (χ3v) is 6.71. The van der Waals surface area contributed by atoms with Gasteiger partial charge in [0, 0.05) is 18.5 Å². The number of aromatic amines is 1. The third-order valence-electron chi connectivity index (χ3n) is 5.17. The molecule has 0 radical (unpaired) electrons. The molecule has 33 heavy (non-hydrogen) atoms. The molecule has 3 aromatic rings. The molecule has 1 heterocycles. The zero-order valence-corrected chi connectivity index (χ0v) is 19.1. The predicted octanol–water partition coefficient (Wildman–Crippen LogP) is 2.50. The maximum absolute atomic E-state index is 12.3. The van der Waals surface area contributed by atoms with E-state index in [0.29, 0.717) is 29.3 Å². The van der Waals surface area contributed by atoms with Crippen LogP contribution in [-0.4, -0.2) is 49.8 Å². The number of sulfonamides is 1. The molecular formula is C22H25N5O5S. The van der Waals surface area contributed by atoms with Crippen LogP contribution in [0.25, 0.3) is 11.4 Å². The van der Waals surface area contributed by atoms with Gasteiger partial charge in [0.25, 0.3) is 0 Å². The normalized spacial score (nSPS) is 13.5. The molecule has 0 aliphatic heterocycles. The Labute approximate surface area is 191 Å². The number of rotatable bonds is 10. The summed E-state index contributed by atoms with van der Waals surface area (Å²) in [5, 5.41) is 9.50. The largest absolute Gasteiger partial charge is 0.497 e. The number of H-pyrrole nitrogens is 1. The van der Waals surface area contributed by atoms with E-state index in [0.717, 1.165) is 18.4 Å². The molecular weight excluding hydrogens is 446 g/mol. The van der Waals surface area contributed by atoms with E-state index in [2.05, 4.69) is 25.2 Å². The van der Waals surface area contributed by atoms with Gasteiger partial charge in [-0.25, -0.2) is 13.1 Å². The molecule has 1 aromatic heterocycles. The fraction of sp³-hybridized carbons (Fsp3) is 0.318. The van der Waals surface area contributed by atoms with Crippen molar-refractivity contribution < 1.29 is 22.7 Å². The molecule has 10 nitrogen and oxygen atoms in total. The van der Waals surface area contributed by atoms with Gasteiger partial charge in [-0.1, -0.05) is 12.1 Å². The Bertz CT molecular complexity index is 1240. The van der Waals surface area contributed by atoms with E-state index < -0.39 is 10.0 Å². The van der Waals surface area contributed by atoms with Crippen molar-refractivity contribution in [2.75, 3.05) is 19.5 Å². The lowest BCUT2D eigenvalue weighted by atomic mass is 10.1. The number of benzene rings is 2. The van der Waals surface area contributed by atoms with Gasteiger partial charge >= 0.3 is 0 Å². The van der Waals surface area contributed by atoms with Gasteiger partial charge in [-0.05, 0) is 49.1 Å². The molecule has 1 fully saturated rings. The predicted molar refractivity (Wildman–Crippen MR) is 122 cm³/mol. The maximum atomic E-state index is 12.3. The summed E-state index contributed by atoms with van der Waals surface area (Å²) in [6, 6.07) is 11.9. The molecule has 0 atom stereocenters. The molecule has 174 valence electrons. The summed E-state index contributed by atoms with van der Waals surface area (Å²) in [6.45, 7) is 0. The average Bonchev–Trinajstić information content (AvgIpc) is 3.51. The van der Waals surface area contributed by atoms with Crippen LogP contribution < -0.4 is 19.5 Å². The number of hydrogen-bond acceptors (Lipinski definition) is 7. The van der Waals surface area contributed by atoms with Crippen molar-refractivity contribution in [1.29, 1.82) is 0 Å². The van der Waals surface area contributed by atoms with Crippen LogP contribution >= 0.6 is 0 Å². The smallest absolute Gasteiger partial charge is 0.249 e. The highest BCUT2D eigenvalue weighted by Gasteiger charge is 2.27. The van der Waals surface area contributed by atoms with Gasteiger partial charge < -0.3 is 9.47 Å². The van der Waals surface area contributed by atoms with Crippen molar-refractivity contribution in [2.24, 2.45) is 0 Å². The van der Waals surface area contributed by atoms with Crippen LogP contribution in [0.5, 0.6) is 11.5 Å². The molecule has 1 aliphatic carbocycles. The van der Waals surface area contributed by atoms with Crippen molar-refractivity contribution in [2.45, 2.75) is 36.6 Å². The third kappa shape index (κ3) is 5.68. The SMILES string of the molecule is COc1ccc(-c2nc(NC(=O)CCc3ccc(S(=O)(=O)NC4CC4)cc3)n[nH]2)c(OC)c1. The van der Waals surface area contributed by atoms with Gasteiger partial charge in [-0.3, -0.25) is 15.2 Å². The first-order valence-corrected chi connectivity index (χ1v) is 11.9. The molecule has 0 unspecified atom stereocenters. The van der Waals surface area contributed by atoms with E-state index in [1.165, 1.54) is 0 Å². The quantitative estimate of drug-likeness (QED) is 0.413. The highest BCUT2D eigenvalue weighted by atomic mass is 32.2. The lowest BCUT2D eigenvalue weighted by molar-refractivity contribution is -0.116. The van der Waals surface area contributed by atoms with E-state index in [1.54, 1.807) is 56.7 Å². The summed E-state index contributed by atoms with van der Waals surface area (Å²) >= 11 is 0. The Kier molecular flexibility index (Phi) is 6.61. The van der Waals surface area contributed by atoms with Crippen LogP contribution in [0.3, 0.4) is 0 Å². The number of anilines is 1. The highest BCUT2D eigenvalue weighted by molar-refractivity contribution is 7.89. The first-order valence-electron chi connectivity index (χ1n) is 10.4. The van der Waals surface area contributed by atoms with Gasteiger partial charge in [-0.2, -0.15) is 4.98 Å². The summed E-state index contributed by atoms with van der Waals surface area (Å²) < 4.78 is 37.7. The van der Waals surface area contributed by atoms with E-state index in [-0.39, 0.29) is 29.2 Å². The van der Waals surface area contributed by atoms with Gasteiger partial charge in [0.1, 0.15) is 11.5 Å². The van der Waals surface area contributed by atoms with Gasteiger partial charge in [0.05, 0.1) is 24.7 Å². The van der Waals surface area contributed by atoms with E-state index in [4.69, 9.17) is 9.47 Å². The number of aryl methyl sites for hydroxylation is 1. The lowest BCUT2D eigenvalue weighted by Crippen LogP contribution is -2.25. The second kappa shape index (κ2) is 9.59. The van der Waals surface area contributed by atoms with Gasteiger partial charge in [0.2, 0.25) is 21.9 Å². The molecule has 11 heteroatoms. The number of carbonyl (C=O) groups is 1. The van der Waals surface area contributed by atoms with Crippen LogP contribution in [0.15, 0.2) is 47.4 Å². The van der Waals surface area contributed by atoms with E-state index in [9.17, 15) is 13.2 Å². The molecule has 0 bridgehead atoms. The molecule has 1 aliphatic rings. The summed E-state index contributed by atoms with van der Waals surface area (Å²) in [5.41, 5.74) is 1.53. The highest BCUT2D eigenvalue weighted by Crippen LogP contribution is 2.31. The lowest BCUT2D eigenvalue weighted by Gasteiger charge is -2.08. The van der Waals surface area contributed by atoms with E-state index >= 15 is 0 Å². The fourth-order valence-electron chi connectivity index (χ4n) is 3.20. The Morgan fingerprint density at radius 2 is 1.88 bits per heavy atom. The Morgan fingerprint density at radius 1 is 1.12 bits per heavy atom. The topological polar surface area (TPSA) is 135 Å². The molecule has 1 saturated carbocycles. The standard InChI is InChI=1S/C22H25N5O5S/c1-31-16-8-11-18(19(13-16)32-2)21-24-22(26-25-21)23-20(28)12-5-14-3-9-17(10-4-14)33(29,30)27-15-6-7-15/h3-4,8-11,13,15,27H,5-7,12H2,1-2H3,(H2,23,24,25,26,28). The van der Waals surface area contributed by atoms with E-state index in [1.807, 2.05) is 0 Å². The second-order valence-corrected chi connectivity index (χ2v) is 9.38. The van der Waals surface area contributed by atoms with Crippen molar-refractivity contribution in [1.82, 2.24) is 19.9 Å². The first-order chi connectivity index (χ1) is 15.9. The number of carbonyl (C=O) groups excluding carboxylic acids is 1. The molecule has 1 amide bonds. The average molecular weight is 472 g/mol. The van der Waals surface area contributed by atoms with Gasteiger partial charge in [0.15, 0.2) is 5.82 Å². The van der Waals surface area contributed by atoms with Crippen LogP contribution in [0, 0.1) is 0 Å². The van der Waals surface area contributed by atoms with Crippen molar-refractivity contribution in [3.8, 4) is 22.9 Å². The number of nitrogens with one attached hydrogen (secondary N) is 3.